The number of rotatable bonds is 6. The number of carbonyl (C=O) groups is 4. The highest BCUT2D eigenvalue weighted by molar-refractivity contribution is 9.10. The summed E-state index contributed by atoms with van der Waals surface area (Å²) in [4.78, 5) is 76.7. The Morgan fingerprint density at radius 1 is 0.672 bits per heavy atom. The lowest BCUT2D eigenvalue weighted by atomic mass is 9.94. The fraction of sp³-hybridized carbons (Fsp3) is 0.255. The number of benzene rings is 4. The number of carbonyl (C=O) groups excluding carboxylic acids is 4. The minimum Gasteiger partial charge on any atom is -0.444 e. The van der Waals surface area contributed by atoms with Gasteiger partial charge in [0, 0.05) is 39.7 Å². The summed E-state index contributed by atoms with van der Waals surface area (Å²) in [5, 5.41) is 2.23. The Morgan fingerprint density at radius 2 is 1.21 bits per heavy atom. The summed E-state index contributed by atoms with van der Waals surface area (Å²) in [7, 11) is 0. The molecular weight excluding hydrogens is 917 g/mol. The molecule has 0 aliphatic carbocycles. The summed E-state index contributed by atoms with van der Waals surface area (Å²) in [5.41, 5.74) is 19.6. The van der Waals surface area contributed by atoms with Crippen molar-refractivity contribution in [2.75, 3.05) is 26.2 Å². The van der Waals surface area contributed by atoms with Gasteiger partial charge in [-0.2, -0.15) is 0 Å². The van der Waals surface area contributed by atoms with Crippen LogP contribution in [0.5, 0.6) is 0 Å². The van der Waals surface area contributed by atoms with Crippen molar-refractivity contribution >= 4 is 83.8 Å². The van der Waals surface area contributed by atoms with Crippen LogP contribution in [0.4, 0.5) is 9.59 Å². The van der Waals surface area contributed by atoms with E-state index < -0.39 is 23.0 Å². The van der Waals surface area contributed by atoms with Gasteiger partial charge in [-0.1, -0.05) is 58.4 Å². The molecule has 0 unspecified atom stereocenters. The van der Waals surface area contributed by atoms with Gasteiger partial charge in [-0.05, 0) is 125 Å². The second-order valence-electron chi connectivity index (χ2n) is 18.5. The molecule has 15 nitrogen and oxygen atoms in total. The van der Waals surface area contributed by atoms with Crippen LogP contribution >= 0.6 is 15.9 Å². The van der Waals surface area contributed by atoms with Crippen molar-refractivity contribution in [3.63, 3.8) is 0 Å². The van der Waals surface area contributed by atoms with Gasteiger partial charge in [-0.25, -0.2) is 14.6 Å². The number of fused-ring (bicyclic) bond motifs is 3. The van der Waals surface area contributed by atoms with E-state index in [-0.39, 0.29) is 17.7 Å². The zero-order valence-electron chi connectivity index (χ0n) is 38.2. The van der Waals surface area contributed by atoms with Gasteiger partial charge in [-0.3, -0.25) is 19.0 Å². The van der Waals surface area contributed by atoms with Crippen LogP contribution < -0.4 is 17.0 Å². The molecular formula is C51H51BrN8O7. The van der Waals surface area contributed by atoms with E-state index in [2.05, 4.69) is 30.9 Å². The van der Waals surface area contributed by atoms with Crippen molar-refractivity contribution in [3.8, 4) is 16.8 Å². The summed E-state index contributed by atoms with van der Waals surface area (Å²) in [5.74, 6) is -1.03. The summed E-state index contributed by atoms with van der Waals surface area (Å²) in [6, 6.07) is 24.1. The number of aromatic nitrogens is 4. The fourth-order valence-corrected chi connectivity index (χ4v) is 8.69. The number of H-pyrrole nitrogens is 2. The molecule has 0 spiro atoms. The van der Waals surface area contributed by atoms with Crippen LogP contribution in [0.25, 0.3) is 60.7 Å². The maximum Gasteiger partial charge on any atom is 0.410 e. The highest BCUT2D eigenvalue weighted by Gasteiger charge is 2.29. The maximum atomic E-state index is 13.4. The molecule has 4 aromatic carbocycles. The fourth-order valence-electron chi connectivity index (χ4n) is 8.24. The van der Waals surface area contributed by atoms with Crippen molar-refractivity contribution in [1.29, 1.82) is 0 Å². The van der Waals surface area contributed by atoms with Gasteiger partial charge in [0.2, 0.25) is 0 Å². The second-order valence-corrected chi connectivity index (χ2v) is 19.3. The number of amides is 4. The number of primary amides is 2. The lowest BCUT2D eigenvalue weighted by Gasteiger charge is -2.24. The topological polar surface area (TPSA) is 212 Å². The average molecular weight is 968 g/mol. The Kier molecular flexibility index (Phi) is 12.2. The minimum absolute atomic E-state index is 0.151. The number of hydrogen-bond acceptors (Lipinski definition) is 8. The first-order valence-electron chi connectivity index (χ1n) is 21.7. The molecule has 0 fully saturated rings. The first-order valence-corrected chi connectivity index (χ1v) is 22.4. The van der Waals surface area contributed by atoms with Gasteiger partial charge >= 0.3 is 12.2 Å². The number of nitrogens with two attached hydrogens (primary N) is 2. The normalized spacial score (nSPS) is 14.0. The van der Waals surface area contributed by atoms with Gasteiger partial charge in [0.05, 0.1) is 51.8 Å². The summed E-state index contributed by atoms with van der Waals surface area (Å²) < 4.78 is 13.4. The van der Waals surface area contributed by atoms with E-state index in [0.717, 1.165) is 54.5 Å². The molecule has 0 bridgehead atoms. The predicted molar refractivity (Wildman–Crippen MR) is 264 cm³/mol. The number of para-hydroxylation sites is 1. The van der Waals surface area contributed by atoms with E-state index in [4.69, 9.17) is 20.9 Å². The Bertz CT molecular complexity index is 3290. The molecule has 0 saturated carbocycles. The van der Waals surface area contributed by atoms with Crippen LogP contribution in [0.15, 0.2) is 107 Å². The highest BCUT2D eigenvalue weighted by Crippen LogP contribution is 2.37. The van der Waals surface area contributed by atoms with Crippen LogP contribution in [0.3, 0.4) is 0 Å². The molecule has 67 heavy (non-hydrogen) atoms. The molecule has 3 aromatic heterocycles. The minimum atomic E-state index is -0.591. The third kappa shape index (κ3) is 9.47. The Balaban J connectivity index is 0.000000207. The maximum absolute atomic E-state index is 13.4. The SMILES string of the molecule is CC(C)(C)OC(=O)N1CC=C(c2cc3c(Br)ccc(C(N)=O)c3[nH]2)C1.Cc1c(-c2ccc(C(N)=O)c3[nH]c(C4=CCN(C(=O)OC(C)(C)C)C4)cc23)cccc1-n1cnc2ccccc2c1=O. The van der Waals surface area contributed by atoms with Crippen molar-refractivity contribution in [2.45, 2.75) is 59.7 Å². The van der Waals surface area contributed by atoms with Crippen LogP contribution in [0.1, 0.15) is 79.2 Å². The molecule has 0 radical (unpaired) electrons. The number of nitrogens with zero attached hydrogens (tertiary/aromatic N) is 4. The van der Waals surface area contributed by atoms with Crippen LogP contribution in [0, 0.1) is 6.92 Å². The average Bonchev–Trinajstić information content (AvgIpc) is 4.09. The number of halogens is 1. The van der Waals surface area contributed by atoms with E-state index in [1.807, 2.05) is 115 Å². The van der Waals surface area contributed by atoms with Gasteiger partial charge in [-0.15, -0.1) is 0 Å². The smallest absolute Gasteiger partial charge is 0.410 e. The quantitative estimate of drug-likeness (QED) is 0.126. The van der Waals surface area contributed by atoms with E-state index in [0.29, 0.717) is 64.9 Å². The first-order chi connectivity index (χ1) is 31.7. The molecule has 2 aliphatic rings. The summed E-state index contributed by atoms with van der Waals surface area (Å²) in [6.07, 6.45) is 4.79. The molecule has 5 heterocycles. The predicted octanol–water partition coefficient (Wildman–Crippen LogP) is 9.24. The number of hydrogen-bond donors (Lipinski definition) is 4. The third-order valence-corrected chi connectivity index (χ3v) is 12.1. The van der Waals surface area contributed by atoms with Crippen molar-refractivity contribution < 1.29 is 28.7 Å². The van der Waals surface area contributed by atoms with E-state index in [1.165, 1.54) is 0 Å². The van der Waals surface area contributed by atoms with Gasteiger partial charge in [0.1, 0.15) is 17.5 Å². The largest absolute Gasteiger partial charge is 0.444 e. The van der Waals surface area contributed by atoms with E-state index in [9.17, 15) is 24.0 Å². The zero-order valence-corrected chi connectivity index (χ0v) is 39.8. The summed E-state index contributed by atoms with van der Waals surface area (Å²) >= 11 is 3.49. The van der Waals surface area contributed by atoms with Crippen molar-refractivity contribution in [2.24, 2.45) is 11.5 Å². The zero-order chi connectivity index (χ0) is 48.1. The van der Waals surface area contributed by atoms with Gasteiger partial charge < -0.3 is 40.7 Å². The molecule has 344 valence electrons. The lowest BCUT2D eigenvalue weighted by molar-refractivity contribution is 0.0295. The Hall–Kier alpha value is -7.46. The molecule has 2 aliphatic heterocycles. The van der Waals surface area contributed by atoms with Gasteiger partial charge in [0.25, 0.3) is 17.4 Å². The number of nitrogens with one attached hydrogen (secondary N) is 2. The molecule has 16 heteroatoms. The lowest BCUT2D eigenvalue weighted by Crippen LogP contribution is -2.35. The molecule has 4 amide bonds. The van der Waals surface area contributed by atoms with Crippen LogP contribution in [-0.4, -0.2) is 90.7 Å². The summed E-state index contributed by atoms with van der Waals surface area (Å²) in [6.45, 7) is 14.7. The molecule has 0 saturated heterocycles. The van der Waals surface area contributed by atoms with Crippen molar-refractivity contribution in [3.05, 3.63) is 140 Å². The highest BCUT2D eigenvalue weighted by atomic mass is 79.9. The molecule has 9 rings (SSSR count). The number of aromatic amines is 2. The molecule has 7 aromatic rings. The third-order valence-electron chi connectivity index (χ3n) is 11.4. The Morgan fingerprint density at radius 3 is 1.78 bits per heavy atom. The molecule has 0 atom stereocenters. The molecule has 6 N–H and O–H groups in total. The second kappa shape index (κ2) is 17.7. The standard InChI is InChI=1S/C33H31N5O4.C18H20BrN3O3/c1-19-21(9-7-11-28(19)38-18-35-26-10-6-5-8-23(26)31(38)40)22-12-13-24(30(34)39)29-25(22)16-27(36-29)20-14-15-37(17-20)32(41)42-33(2,3)4;1-18(2,3)25-17(24)22-7-6-10(9-22)14-8-12-13(19)5-4-11(16(20)23)15(12)21-14/h5-14,16,18,36H,15,17H2,1-4H3,(H2,34,39);4-6,8,21H,7,9H2,1-3H3,(H2,20,23). The van der Waals surface area contributed by atoms with Crippen LogP contribution in [-0.2, 0) is 9.47 Å². The first kappa shape index (κ1) is 46.1. The monoisotopic (exact) mass is 966 g/mol. The Labute approximate surface area is 394 Å². The van der Waals surface area contributed by atoms with Crippen LogP contribution in [0.2, 0.25) is 0 Å². The van der Waals surface area contributed by atoms with E-state index in [1.54, 1.807) is 45.0 Å². The number of ether oxygens (including phenoxy) is 2. The van der Waals surface area contributed by atoms with E-state index >= 15 is 0 Å². The van der Waals surface area contributed by atoms with Gasteiger partial charge in [0.15, 0.2) is 0 Å². The van der Waals surface area contributed by atoms with Crippen molar-refractivity contribution in [1.82, 2.24) is 29.3 Å².